The lowest BCUT2D eigenvalue weighted by atomic mass is 9.79. The number of carboxylic acids is 1. The Hall–Kier alpha value is -1.10. The maximum absolute atomic E-state index is 12.1. The number of carboxylic acid groups (broad SMARTS) is 1. The lowest BCUT2D eigenvalue weighted by Crippen LogP contribution is -2.56. The molecule has 0 radical (unpaired) electrons. The van der Waals surface area contributed by atoms with Gasteiger partial charge in [0.25, 0.3) is 5.91 Å². The normalized spacial score (nSPS) is 19.3. The van der Waals surface area contributed by atoms with Crippen molar-refractivity contribution in [1.82, 2.24) is 5.32 Å². The van der Waals surface area contributed by atoms with Crippen LogP contribution in [0.2, 0.25) is 0 Å². The molecule has 0 aliphatic heterocycles. The smallest absolute Gasteiger partial charge is 0.305 e. The van der Waals surface area contributed by atoms with E-state index in [0.717, 1.165) is 32.1 Å². The van der Waals surface area contributed by atoms with E-state index >= 15 is 0 Å². The molecule has 1 amide bonds. The van der Waals surface area contributed by atoms with Crippen LogP contribution < -0.4 is 5.32 Å². The zero-order valence-corrected chi connectivity index (χ0v) is 11.4. The average molecular weight is 257 g/mol. The molecule has 1 aliphatic carbocycles. The van der Waals surface area contributed by atoms with Crippen molar-refractivity contribution < 1.29 is 19.4 Å². The van der Waals surface area contributed by atoms with Crippen molar-refractivity contribution in [3.05, 3.63) is 0 Å². The highest BCUT2D eigenvalue weighted by Crippen LogP contribution is 2.31. The zero-order valence-electron chi connectivity index (χ0n) is 11.4. The minimum Gasteiger partial charge on any atom is -0.481 e. The van der Waals surface area contributed by atoms with E-state index in [4.69, 9.17) is 9.84 Å². The second-order valence-electron chi connectivity index (χ2n) is 5.58. The Bertz CT molecular complexity index is 319. The molecule has 0 heterocycles. The van der Waals surface area contributed by atoms with Crippen molar-refractivity contribution in [2.24, 2.45) is 0 Å². The van der Waals surface area contributed by atoms with Crippen LogP contribution in [0.1, 0.15) is 52.4 Å². The predicted octanol–water partition coefficient (Wildman–Crippen LogP) is 1.71. The monoisotopic (exact) mass is 257 g/mol. The number of amides is 1. The van der Waals surface area contributed by atoms with Crippen LogP contribution in [0.25, 0.3) is 0 Å². The molecule has 0 aromatic heterocycles. The van der Waals surface area contributed by atoms with Crippen LogP contribution in [0.3, 0.4) is 0 Å². The molecule has 5 heteroatoms. The lowest BCUT2D eigenvalue weighted by molar-refractivity contribution is -0.144. The standard InChI is InChI=1S/C13H23NO4/c1-12(2,18-3)11(17)14-13(9-10(15)16)7-5-4-6-8-13/h4-9H2,1-3H3,(H,14,17)(H,15,16). The van der Waals surface area contributed by atoms with Gasteiger partial charge in [-0.1, -0.05) is 19.3 Å². The maximum Gasteiger partial charge on any atom is 0.305 e. The first kappa shape index (κ1) is 15.0. The highest BCUT2D eigenvalue weighted by molar-refractivity contribution is 5.85. The maximum atomic E-state index is 12.1. The molecule has 1 aliphatic rings. The third-order valence-electron chi connectivity index (χ3n) is 3.74. The van der Waals surface area contributed by atoms with Crippen LogP contribution in [-0.2, 0) is 14.3 Å². The summed E-state index contributed by atoms with van der Waals surface area (Å²) in [7, 11) is 1.48. The Morgan fingerprint density at radius 2 is 1.83 bits per heavy atom. The van der Waals surface area contributed by atoms with Gasteiger partial charge in [0.15, 0.2) is 0 Å². The van der Waals surface area contributed by atoms with E-state index in [1.807, 2.05) is 0 Å². The lowest BCUT2D eigenvalue weighted by Gasteiger charge is -2.39. The van der Waals surface area contributed by atoms with Gasteiger partial charge in [-0.25, -0.2) is 0 Å². The van der Waals surface area contributed by atoms with Crippen molar-refractivity contribution in [1.29, 1.82) is 0 Å². The van der Waals surface area contributed by atoms with Gasteiger partial charge >= 0.3 is 5.97 Å². The molecule has 2 N–H and O–H groups in total. The zero-order chi connectivity index (χ0) is 13.8. The molecule has 1 saturated carbocycles. The molecule has 0 saturated heterocycles. The largest absolute Gasteiger partial charge is 0.481 e. The predicted molar refractivity (Wildman–Crippen MR) is 67.3 cm³/mol. The number of ether oxygens (including phenoxy) is 1. The van der Waals surface area contributed by atoms with Gasteiger partial charge in [0, 0.05) is 7.11 Å². The Morgan fingerprint density at radius 1 is 1.28 bits per heavy atom. The summed E-state index contributed by atoms with van der Waals surface area (Å²) in [6.45, 7) is 3.36. The van der Waals surface area contributed by atoms with Crippen LogP contribution in [0.15, 0.2) is 0 Å². The van der Waals surface area contributed by atoms with Gasteiger partial charge in [-0.05, 0) is 26.7 Å². The minimum atomic E-state index is -0.928. The van der Waals surface area contributed by atoms with Crippen LogP contribution in [0.5, 0.6) is 0 Å². The number of nitrogens with one attached hydrogen (secondary N) is 1. The van der Waals surface area contributed by atoms with E-state index in [1.165, 1.54) is 7.11 Å². The molecule has 5 nitrogen and oxygen atoms in total. The third-order valence-corrected chi connectivity index (χ3v) is 3.74. The first-order valence-electron chi connectivity index (χ1n) is 6.41. The van der Waals surface area contributed by atoms with Gasteiger partial charge in [0.1, 0.15) is 5.60 Å². The molecular weight excluding hydrogens is 234 g/mol. The van der Waals surface area contributed by atoms with E-state index in [0.29, 0.717) is 0 Å². The second-order valence-corrected chi connectivity index (χ2v) is 5.58. The van der Waals surface area contributed by atoms with Crippen molar-refractivity contribution >= 4 is 11.9 Å². The van der Waals surface area contributed by atoms with Crippen LogP contribution in [0, 0.1) is 0 Å². The molecule has 0 aromatic rings. The summed E-state index contributed by atoms with van der Waals surface area (Å²) in [4.78, 5) is 23.1. The van der Waals surface area contributed by atoms with E-state index in [1.54, 1.807) is 13.8 Å². The molecule has 0 aromatic carbocycles. The Kier molecular flexibility index (Phi) is 4.73. The number of methoxy groups -OCH3 is 1. The summed E-state index contributed by atoms with van der Waals surface area (Å²) in [5.41, 5.74) is -1.53. The number of rotatable bonds is 5. The molecule has 104 valence electrons. The second kappa shape index (κ2) is 5.69. The molecule has 1 fully saturated rings. The van der Waals surface area contributed by atoms with Gasteiger partial charge in [0.2, 0.25) is 0 Å². The van der Waals surface area contributed by atoms with E-state index < -0.39 is 17.1 Å². The Morgan fingerprint density at radius 3 is 2.28 bits per heavy atom. The van der Waals surface area contributed by atoms with E-state index in [-0.39, 0.29) is 12.3 Å². The summed E-state index contributed by atoms with van der Waals surface area (Å²) in [6.07, 6.45) is 4.46. The summed E-state index contributed by atoms with van der Waals surface area (Å²) in [5, 5.41) is 11.9. The Labute approximate surface area is 108 Å². The summed E-state index contributed by atoms with van der Waals surface area (Å²) in [6, 6.07) is 0. The fourth-order valence-electron chi connectivity index (χ4n) is 2.35. The van der Waals surface area contributed by atoms with Gasteiger partial charge in [-0.3, -0.25) is 9.59 Å². The first-order chi connectivity index (χ1) is 8.31. The molecule has 18 heavy (non-hydrogen) atoms. The Balaban J connectivity index is 2.78. The number of carbonyl (C=O) groups excluding carboxylic acids is 1. The highest BCUT2D eigenvalue weighted by Gasteiger charge is 2.39. The van der Waals surface area contributed by atoms with E-state index in [9.17, 15) is 9.59 Å². The summed E-state index contributed by atoms with van der Waals surface area (Å²) < 4.78 is 5.13. The van der Waals surface area contributed by atoms with E-state index in [2.05, 4.69) is 5.32 Å². The average Bonchev–Trinajstić information content (AvgIpc) is 2.28. The van der Waals surface area contributed by atoms with Gasteiger partial charge in [-0.2, -0.15) is 0 Å². The first-order valence-corrected chi connectivity index (χ1v) is 6.41. The number of carbonyl (C=O) groups is 2. The van der Waals surface area contributed by atoms with Gasteiger partial charge < -0.3 is 15.2 Å². The summed E-state index contributed by atoms with van der Waals surface area (Å²) >= 11 is 0. The number of hydrogen-bond acceptors (Lipinski definition) is 3. The number of hydrogen-bond donors (Lipinski definition) is 2. The van der Waals surface area contributed by atoms with Crippen molar-refractivity contribution in [2.45, 2.75) is 63.5 Å². The van der Waals surface area contributed by atoms with Crippen molar-refractivity contribution in [2.75, 3.05) is 7.11 Å². The van der Waals surface area contributed by atoms with Crippen LogP contribution in [0.4, 0.5) is 0 Å². The quantitative estimate of drug-likeness (QED) is 0.786. The third kappa shape index (κ3) is 3.70. The molecular formula is C13H23NO4. The molecule has 0 unspecified atom stereocenters. The van der Waals surface area contributed by atoms with Crippen LogP contribution >= 0.6 is 0 Å². The fourth-order valence-corrected chi connectivity index (χ4v) is 2.35. The number of aliphatic carboxylic acids is 1. The molecule has 0 atom stereocenters. The summed E-state index contributed by atoms with van der Waals surface area (Å²) in [5.74, 6) is -1.11. The molecule has 1 rings (SSSR count). The van der Waals surface area contributed by atoms with Crippen molar-refractivity contribution in [3.8, 4) is 0 Å². The highest BCUT2D eigenvalue weighted by atomic mass is 16.5. The molecule has 0 bridgehead atoms. The fraction of sp³-hybridized carbons (Fsp3) is 0.846. The molecule has 0 spiro atoms. The topological polar surface area (TPSA) is 75.6 Å². The van der Waals surface area contributed by atoms with Crippen molar-refractivity contribution in [3.63, 3.8) is 0 Å². The van der Waals surface area contributed by atoms with Gasteiger partial charge in [0.05, 0.1) is 12.0 Å². The van der Waals surface area contributed by atoms with Gasteiger partial charge in [-0.15, -0.1) is 0 Å². The van der Waals surface area contributed by atoms with Crippen LogP contribution in [-0.4, -0.2) is 35.2 Å². The minimum absolute atomic E-state index is 0.0153. The SMILES string of the molecule is COC(C)(C)C(=O)NC1(CC(=O)O)CCCCC1.